The molecule has 1 saturated heterocycles. The lowest BCUT2D eigenvalue weighted by Crippen LogP contribution is -2.44. The van der Waals surface area contributed by atoms with Gasteiger partial charge in [0.25, 0.3) is 6.43 Å². The molecule has 2 heterocycles. The molecule has 1 aromatic rings. The number of ether oxygens (including phenoxy) is 2. The minimum atomic E-state index is -2.55. The molecule has 6 nitrogen and oxygen atoms in total. The third kappa shape index (κ3) is 3.22. The van der Waals surface area contributed by atoms with Crippen LogP contribution in [0.5, 0.6) is 6.01 Å². The highest BCUT2D eigenvalue weighted by Gasteiger charge is 2.22. The van der Waals surface area contributed by atoms with Crippen molar-refractivity contribution in [2.45, 2.75) is 19.4 Å². The van der Waals surface area contributed by atoms with E-state index >= 15 is 0 Å². The van der Waals surface area contributed by atoms with Gasteiger partial charge in [0.05, 0.1) is 19.3 Å². The van der Waals surface area contributed by atoms with Gasteiger partial charge < -0.3 is 14.4 Å². The van der Waals surface area contributed by atoms with Crippen molar-refractivity contribution in [3.63, 3.8) is 0 Å². The van der Waals surface area contributed by atoms with Crippen molar-refractivity contribution in [3.05, 3.63) is 6.33 Å². The number of nitrogens with zero attached hydrogens (tertiary/aromatic N) is 4. The summed E-state index contributed by atoms with van der Waals surface area (Å²) < 4.78 is 34.1. The second-order valence-electron chi connectivity index (χ2n) is 3.89. The Kier molecular flexibility index (Phi) is 4.19. The summed E-state index contributed by atoms with van der Waals surface area (Å²) in [5.41, 5.74) is 0. The first kappa shape index (κ1) is 12.9. The molecule has 2 rings (SSSR count). The lowest BCUT2D eigenvalue weighted by atomic mass is 10.3. The molecule has 0 unspecified atom stereocenters. The fourth-order valence-corrected chi connectivity index (χ4v) is 1.64. The Morgan fingerprint density at radius 3 is 3.11 bits per heavy atom. The first-order valence-corrected chi connectivity index (χ1v) is 5.61. The Morgan fingerprint density at radius 1 is 1.56 bits per heavy atom. The monoisotopic (exact) mass is 260 g/mol. The van der Waals surface area contributed by atoms with Crippen molar-refractivity contribution in [1.29, 1.82) is 0 Å². The van der Waals surface area contributed by atoms with Crippen LogP contribution in [-0.4, -0.2) is 53.8 Å². The maximum absolute atomic E-state index is 12.0. The van der Waals surface area contributed by atoms with Gasteiger partial charge in [-0.25, -0.2) is 13.8 Å². The zero-order valence-electron chi connectivity index (χ0n) is 9.92. The number of morpholine rings is 1. The van der Waals surface area contributed by atoms with Gasteiger partial charge in [0, 0.05) is 6.54 Å². The minimum absolute atomic E-state index is 0.0843. The van der Waals surface area contributed by atoms with Gasteiger partial charge in [-0.1, -0.05) is 0 Å². The molecular weight excluding hydrogens is 246 g/mol. The van der Waals surface area contributed by atoms with E-state index in [2.05, 4.69) is 15.0 Å². The molecule has 0 saturated carbocycles. The van der Waals surface area contributed by atoms with Crippen LogP contribution in [0.25, 0.3) is 0 Å². The van der Waals surface area contributed by atoms with Gasteiger partial charge in [-0.2, -0.15) is 9.97 Å². The molecule has 0 bridgehead atoms. The van der Waals surface area contributed by atoms with Gasteiger partial charge in [-0.15, -0.1) is 0 Å². The van der Waals surface area contributed by atoms with Crippen molar-refractivity contribution >= 4 is 5.95 Å². The molecule has 0 aromatic carbocycles. The van der Waals surface area contributed by atoms with Crippen molar-refractivity contribution in [1.82, 2.24) is 15.0 Å². The van der Waals surface area contributed by atoms with E-state index < -0.39 is 13.0 Å². The van der Waals surface area contributed by atoms with Gasteiger partial charge >= 0.3 is 6.01 Å². The number of hydrogen-bond donors (Lipinski definition) is 0. The molecule has 18 heavy (non-hydrogen) atoms. The topological polar surface area (TPSA) is 60.4 Å². The molecule has 0 radical (unpaired) electrons. The summed E-state index contributed by atoms with van der Waals surface area (Å²) >= 11 is 0. The first-order valence-electron chi connectivity index (χ1n) is 5.61. The summed E-state index contributed by atoms with van der Waals surface area (Å²) in [5, 5.41) is 0. The quantitative estimate of drug-likeness (QED) is 0.795. The van der Waals surface area contributed by atoms with Crippen LogP contribution in [0.3, 0.4) is 0 Å². The number of anilines is 1. The third-order valence-electron chi connectivity index (χ3n) is 2.50. The van der Waals surface area contributed by atoms with Crippen molar-refractivity contribution in [2.75, 3.05) is 31.3 Å². The molecule has 0 amide bonds. The Labute approximate surface area is 103 Å². The zero-order valence-corrected chi connectivity index (χ0v) is 9.92. The van der Waals surface area contributed by atoms with Gasteiger partial charge in [0.1, 0.15) is 6.33 Å². The summed E-state index contributed by atoms with van der Waals surface area (Å²) in [4.78, 5) is 13.7. The van der Waals surface area contributed by atoms with Crippen molar-refractivity contribution in [3.8, 4) is 6.01 Å². The Balaban J connectivity index is 2.06. The average molecular weight is 260 g/mol. The molecule has 1 fully saturated rings. The van der Waals surface area contributed by atoms with Gasteiger partial charge in [-0.3, -0.25) is 0 Å². The van der Waals surface area contributed by atoms with E-state index in [-0.39, 0.29) is 12.1 Å². The van der Waals surface area contributed by atoms with E-state index in [1.54, 1.807) is 0 Å². The van der Waals surface area contributed by atoms with Gasteiger partial charge in [0.2, 0.25) is 5.95 Å². The molecule has 0 aliphatic carbocycles. The van der Waals surface area contributed by atoms with E-state index in [0.717, 1.165) is 0 Å². The number of rotatable bonds is 4. The highest BCUT2D eigenvalue weighted by Crippen LogP contribution is 2.16. The van der Waals surface area contributed by atoms with Crippen molar-refractivity contribution < 1.29 is 18.3 Å². The smallest absolute Gasteiger partial charge is 0.321 e. The summed E-state index contributed by atoms with van der Waals surface area (Å²) in [6.45, 7) is 3.08. The van der Waals surface area contributed by atoms with Crippen LogP contribution in [-0.2, 0) is 4.74 Å². The molecule has 1 aliphatic rings. The molecule has 8 heteroatoms. The number of hydrogen-bond acceptors (Lipinski definition) is 6. The van der Waals surface area contributed by atoms with Crippen LogP contribution in [0.1, 0.15) is 6.92 Å². The number of alkyl halides is 2. The molecule has 1 aromatic heterocycles. The maximum Gasteiger partial charge on any atom is 0.321 e. The molecule has 0 N–H and O–H groups in total. The maximum atomic E-state index is 12.0. The van der Waals surface area contributed by atoms with Gasteiger partial charge in [0.15, 0.2) is 6.61 Å². The van der Waals surface area contributed by atoms with Crippen LogP contribution >= 0.6 is 0 Å². The second-order valence-corrected chi connectivity index (χ2v) is 3.89. The van der Waals surface area contributed by atoms with Crippen LogP contribution in [0.4, 0.5) is 14.7 Å². The van der Waals surface area contributed by atoms with Crippen LogP contribution < -0.4 is 9.64 Å². The molecule has 0 spiro atoms. The molecule has 100 valence electrons. The minimum Gasteiger partial charge on any atom is -0.457 e. The normalized spacial score (nSPS) is 20.2. The zero-order chi connectivity index (χ0) is 13.0. The molecule has 1 aliphatic heterocycles. The molecule has 1 atom stereocenters. The first-order chi connectivity index (χ1) is 8.66. The Morgan fingerprint density at radius 2 is 2.39 bits per heavy atom. The van der Waals surface area contributed by atoms with E-state index in [1.165, 1.54) is 6.33 Å². The van der Waals surface area contributed by atoms with Crippen molar-refractivity contribution in [2.24, 2.45) is 0 Å². The van der Waals surface area contributed by atoms with Crippen LogP contribution in [0.2, 0.25) is 0 Å². The lowest BCUT2D eigenvalue weighted by Gasteiger charge is -2.33. The number of halogens is 2. The molecular formula is C10H14F2N4O2. The lowest BCUT2D eigenvalue weighted by molar-refractivity contribution is 0.0765. The second kappa shape index (κ2) is 5.85. The highest BCUT2D eigenvalue weighted by molar-refractivity contribution is 5.31. The van der Waals surface area contributed by atoms with Crippen LogP contribution in [0, 0.1) is 0 Å². The third-order valence-corrected chi connectivity index (χ3v) is 2.50. The van der Waals surface area contributed by atoms with E-state index in [1.807, 2.05) is 11.8 Å². The fourth-order valence-electron chi connectivity index (χ4n) is 1.64. The number of aromatic nitrogens is 3. The predicted octanol–water partition coefficient (Wildman–Crippen LogP) is 0.741. The Hall–Kier alpha value is -1.57. The summed E-state index contributed by atoms with van der Waals surface area (Å²) in [6.07, 6.45) is -1.29. The summed E-state index contributed by atoms with van der Waals surface area (Å²) in [7, 11) is 0. The van der Waals surface area contributed by atoms with E-state index in [4.69, 9.17) is 9.47 Å². The standard InChI is InChI=1S/C10H14F2N4O2/c1-7-4-17-3-2-16(7)9-13-6-14-10(15-9)18-5-8(11)12/h6-8H,2-5H2,1H3/t7-/m1/s1. The average Bonchev–Trinajstić information content (AvgIpc) is 2.37. The fraction of sp³-hybridized carbons (Fsp3) is 0.700. The van der Waals surface area contributed by atoms with Gasteiger partial charge in [-0.05, 0) is 6.92 Å². The SMILES string of the molecule is C[C@@H]1COCCN1c1ncnc(OCC(F)F)n1. The highest BCUT2D eigenvalue weighted by atomic mass is 19.3. The van der Waals surface area contributed by atoms with Crippen LogP contribution in [0.15, 0.2) is 6.33 Å². The van der Waals surface area contributed by atoms with E-state index in [9.17, 15) is 8.78 Å². The largest absolute Gasteiger partial charge is 0.457 e. The van der Waals surface area contributed by atoms with E-state index in [0.29, 0.717) is 25.7 Å². The summed E-state index contributed by atoms with van der Waals surface area (Å²) in [5.74, 6) is 0.421. The predicted molar refractivity (Wildman–Crippen MR) is 59.0 cm³/mol. The summed E-state index contributed by atoms with van der Waals surface area (Å²) in [6, 6.07) is 0.0445. The Bertz CT molecular complexity index is 394.